The molecule has 3 N–H and O–H groups in total. The molecule has 0 spiro atoms. The zero-order chi connectivity index (χ0) is 12.3. The molecule has 1 aromatic carbocycles. The Morgan fingerprint density at radius 2 is 2.06 bits per heavy atom. The summed E-state index contributed by atoms with van der Waals surface area (Å²) in [6.45, 7) is 4.72. The second-order valence-electron chi connectivity index (χ2n) is 3.78. The van der Waals surface area contributed by atoms with Crippen molar-refractivity contribution < 1.29 is 4.74 Å². The Hall–Kier alpha value is -1.52. The maximum Gasteiger partial charge on any atom is 0.143 e. The number of hydrogen-bond acceptors (Lipinski definition) is 4. The Morgan fingerprint density at radius 1 is 1.28 bits per heavy atom. The maximum absolute atomic E-state index is 5.48. The molecule has 18 heavy (non-hydrogen) atoms. The average Bonchev–Trinajstić information content (AvgIpc) is 2.37. The summed E-state index contributed by atoms with van der Waals surface area (Å²) in [5.41, 5.74) is 4.66. The molecule has 0 radical (unpaired) electrons. The SMILES string of the molecule is CCOc1ccc2nc(NN)c(CC)cc2c1.Cl. The van der Waals surface area contributed by atoms with Crippen LogP contribution in [0.2, 0.25) is 0 Å². The Balaban J connectivity index is 0.00000162. The van der Waals surface area contributed by atoms with E-state index in [0.717, 1.165) is 34.5 Å². The molecule has 2 rings (SSSR count). The van der Waals surface area contributed by atoms with Gasteiger partial charge in [-0.25, -0.2) is 10.8 Å². The molecule has 0 unspecified atom stereocenters. The van der Waals surface area contributed by atoms with Gasteiger partial charge in [-0.05, 0) is 43.2 Å². The molecule has 98 valence electrons. The first-order valence-electron chi connectivity index (χ1n) is 5.81. The largest absolute Gasteiger partial charge is 0.494 e. The van der Waals surface area contributed by atoms with Gasteiger partial charge in [0.25, 0.3) is 0 Å². The smallest absolute Gasteiger partial charge is 0.143 e. The van der Waals surface area contributed by atoms with Crippen molar-refractivity contribution in [2.75, 3.05) is 12.0 Å². The van der Waals surface area contributed by atoms with Crippen molar-refractivity contribution in [2.45, 2.75) is 20.3 Å². The topological polar surface area (TPSA) is 60.2 Å². The number of aryl methyl sites for hydroxylation is 1. The molecule has 0 atom stereocenters. The number of halogens is 1. The molecule has 1 aromatic heterocycles. The number of anilines is 1. The predicted octanol–water partition coefficient (Wildman–Crippen LogP) is 2.90. The van der Waals surface area contributed by atoms with E-state index in [2.05, 4.69) is 23.4 Å². The van der Waals surface area contributed by atoms with Gasteiger partial charge in [0.1, 0.15) is 11.6 Å². The summed E-state index contributed by atoms with van der Waals surface area (Å²) >= 11 is 0. The van der Waals surface area contributed by atoms with Gasteiger partial charge in [0.05, 0.1) is 12.1 Å². The van der Waals surface area contributed by atoms with Gasteiger partial charge in [0, 0.05) is 5.39 Å². The summed E-state index contributed by atoms with van der Waals surface area (Å²) < 4.78 is 5.48. The van der Waals surface area contributed by atoms with Crippen molar-refractivity contribution in [3.63, 3.8) is 0 Å². The quantitative estimate of drug-likeness (QED) is 0.661. The van der Waals surface area contributed by atoms with Crippen molar-refractivity contribution in [1.82, 2.24) is 4.98 Å². The third-order valence-corrected chi connectivity index (χ3v) is 2.69. The summed E-state index contributed by atoms with van der Waals surface area (Å²) in [6.07, 6.45) is 0.890. The van der Waals surface area contributed by atoms with Crippen molar-refractivity contribution in [3.05, 3.63) is 29.8 Å². The summed E-state index contributed by atoms with van der Waals surface area (Å²) in [4.78, 5) is 4.47. The van der Waals surface area contributed by atoms with E-state index in [1.54, 1.807) is 0 Å². The molecular formula is C13H18ClN3O. The first kappa shape index (κ1) is 14.5. The van der Waals surface area contributed by atoms with Crippen molar-refractivity contribution in [1.29, 1.82) is 0 Å². The third kappa shape index (κ3) is 2.83. The molecule has 0 fully saturated rings. The number of pyridine rings is 1. The second kappa shape index (κ2) is 6.42. The molecule has 0 aliphatic rings. The number of hydrogen-bond donors (Lipinski definition) is 2. The van der Waals surface area contributed by atoms with Crippen molar-refractivity contribution in [3.8, 4) is 5.75 Å². The summed E-state index contributed by atoms with van der Waals surface area (Å²) in [5.74, 6) is 7.07. The number of nitrogens with zero attached hydrogens (tertiary/aromatic N) is 1. The fraction of sp³-hybridized carbons (Fsp3) is 0.308. The molecule has 4 nitrogen and oxygen atoms in total. The number of nitrogen functional groups attached to an aromatic ring is 1. The zero-order valence-corrected chi connectivity index (χ0v) is 11.4. The standard InChI is InChI=1S/C13H17N3O.ClH/c1-3-9-7-10-8-11(17-4-2)5-6-12(10)15-13(9)16-14;/h5-8H,3-4,14H2,1-2H3,(H,15,16);1H. The van der Waals surface area contributed by atoms with Crippen LogP contribution in [0, 0.1) is 0 Å². The van der Waals surface area contributed by atoms with Crippen molar-refractivity contribution in [2.24, 2.45) is 5.84 Å². The van der Waals surface area contributed by atoms with Gasteiger partial charge in [0.15, 0.2) is 0 Å². The van der Waals surface area contributed by atoms with Crippen LogP contribution in [-0.4, -0.2) is 11.6 Å². The van der Waals surface area contributed by atoms with E-state index in [1.165, 1.54) is 0 Å². The number of ether oxygens (including phenoxy) is 1. The number of rotatable bonds is 4. The van der Waals surface area contributed by atoms with E-state index in [1.807, 2.05) is 25.1 Å². The van der Waals surface area contributed by atoms with E-state index in [-0.39, 0.29) is 12.4 Å². The molecule has 0 aliphatic heterocycles. The van der Waals surface area contributed by atoms with Gasteiger partial charge >= 0.3 is 0 Å². The maximum atomic E-state index is 5.48. The van der Waals surface area contributed by atoms with Crippen LogP contribution in [0.4, 0.5) is 5.82 Å². The minimum Gasteiger partial charge on any atom is -0.494 e. The van der Waals surface area contributed by atoms with Gasteiger partial charge in [0.2, 0.25) is 0 Å². The summed E-state index contributed by atoms with van der Waals surface area (Å²) in [6, 6.07) is 7.97. The zero-order valence-electron chi connectivity index (χ0n) is 10.6. The second-order valence-corrected chi connectivity index (χ2v) is 3.78. The predicted molar refractivity (Wildman–Crippen MR) is 77.3 cm³/mol. The summed E-state index contributed by atoms with van der Waals surface area (Å²) in [5, 5.41) is 1.08. The molecule has 0 saturated heterocycles. The van der Waals surface area contributed by atoms with Crippen LogP contribution in [0.25, 0.3) is 10.9 Å². The van der Waals surface area contributed by atoms with E-state index >= 15 is 0 Å². The van der Waals surface area contributed by atoms with Gasteiger partial charge in [-0.15, -0.1) is 12.4 Å². The first-order valence-corrected chi connectivity index (χ1v) is 5.81. The highest BCUT2D eigenvalue weighted by molar-refractivity contribution is 5.85. The number of nitrogens with one attached hydrogen (secondary N) is 1. The average molecular weight is 268 g/mol. The van der Waals surface area contributed by atoms with Gasteiger partial charge in [-0.1, -0.05) is 6.92 Å². The van der Waals surface area contributed by atoms with Crippen LogP contribution in [-0.2, 0) is 6.42 Å². The lowest BCUT2D eigenvalue weighted by Gasteiger charge is -2.09. The van der Waals surface area contributed by atoms with Crippen LogP contribution >= 0.6 is 12.4 Å². The highest BCUT2D eigenvalue weighted by Crippen LogP contribution is 2.24. The lowest BCUT2D eigenvalue weighted by atomic mass is 10.1. The van der Waals surface area contributed by atoms with Gasteiger partial charge in [-0.2, -0.15) is 0 Å². The Morgan fingerprint density at radius 3 is 2.67 bits per heavy atom. The molecule has 2 aromatic rings. The fourth-order valence-corrected chi connectivity index (χ4v) is 1.85. The Bertz CT molecular complexity index is 531. The first-order chi connectivity index (χ1) is 8.28. The molecule has 5 heteroatoms. The molecule has 1 heterocycles. The van der Waals surface area contributed by atoms with E-state index in [0.29, 0.717) is 6.61 Å². The van der Waals surface area contributed by atoms with Crippen LogP contribution in [0.5, 0.6) is 5.75 Å². The minimum atomic E-state index is 0. The lowest BCUT2D eigenvalue weighted by Crippen LogP contribution is -2.11. The molecular weight excluding hydrogens is 250 g/mol. The van der Waals surface area contributed by atoms with Crippen LogP contribution in [0.15, 0.2) is 24.3 Å². The van der Waals surface area contributed by atoms with Crippen LogP contribution < -0.4 is 16.0 Å². The highest BCUT2D eigenvalue weighted by Gasteiger charge is 2.05. The van der Waals surface area contributed by atoms with Crippen molar-refractivity contribution >= 4 is 29.1 Å². The number of benzene rings is 1. The molecule has 0 saturated carbocycles. The fourth-order valence-electron chi connectivity index (χ4n) is 1.85. The third-order valence-electron chi connectivity index (χ3n) is 2.69. The van der Waals surface area contributed by atoms with E-state index in [9.17, 15) is 0 Å². The monoisotopic (exact) mass is 267 g/mol. The highest BCUT2D eigenvalue weighted by atomic mass is 35.5. The minimum absolute atomic E-state index is 0. The van der Waals surface area contributed by atoms with Gasteiger partial charge in [-0.3, -0.25) is 0 Å². The van der Waals surface area contributed by atoms with E-state index < -0.39 is 0 Å². The van der Waals surface area contributed by atoms with E-state index in [4.69, 9.17) is 10.6 Å². The molecule has 0 amide bonds. The molecule has 0 bridgehead atoms. The van der Waals surface area contributed by atoms with Crippen LogP contribution in [0.1, 0.15) is 19.4 Å². The number of aromatic nitrogens is 1. The Labute approximate surface area is 113 Å². The lowest BCUT2D eigenvalue weighted by molar-refractivity contribution is 0.340. The molecule has 0 aliphatic carbocycles. The number of fused-ring (bicyclic) bond motifs is 1. The summed E-state index contributed by atoms with van der Waals surface area (Å²) in [7, 11) is 0. The normalized spacial score (nSPS) is 9.94. The van der Waals surface area contributed by atoms with Crippen LogP contribution in [0.3, 0.4) is 0 Å². The number of hydrazine groups is 1. The Kier molecular flexibility index (Phi) is 5.19. The van der Waals surface area contributed by atoms with Gasteiger partial charge < -0.3 is 10.2 Å². The number of nitrogens with two attached hydrogens (primary N) is 1.